The van der Waals surface area contributed by atoms with E-state index in [-0.39, 0.29) is 18.8 Å². The van der Waals surface area contributed by atoms with Crippen LogP contribution in [0.25, 0.3) is 11.1 Å². The number of hydrazine groups is 1. The lowest BCUT2D eigenvalue weighted by atomic mass is 10.0. The molecule has 1 atom stereocenters. The van der Waals surface area contributed by atoms with Gasteiger partial charge < -0.3 is 15.4 Å². The quantitative estimate of drug-likeness (QED) is 0.310. The number of carbonyl (C=O) groups excluding carboxylic acids is 1. The maximum absolute atomic E-state index is 12.3. The average Bonchev–Trinajstić information content (AvgIpc) is 3.15. The molecule has 2 aromatic carbocycles. The Hall–Kier alpha value is -3.47. The van der Waals surface area contributed by atoms with E-state index in [1.165, 1.54) is 5.01 Å². The van der Waals surface area contributed by atoms with Crippen LogP contribution in [-0.4, -0.2) is 60.1 Å². The lowest BCUT2D eigenvalue weighted by Crippen LogP contribution is -2.47. The smallest absolute Gasteiger partial charge is 0.333 e. The van der Waals surface area contributed by atoms with Crippen molar-refractivity contribution in [3.05, 3.63) is 71.0 Å². The zero-order valence-electron chi connectivity index (χ0n) is 15.5. The highest BCUT2D eigenvalue weighted by atomic mass is 35.5. The summed E-state index contributed by atoms with van der Waals surface area (Å²) in [6.07, 6.45) is -0.731. The van der Waals surface area contributed by atoms with Crippen LogP contribution in [0.4, 0.5) is 0 Å². The van der Waals surface area contributed by atoms with Gasteiger partial charge in [-0.25, -0.2) is 9.80 Å². The zero-order valence-corrected chi connectivity index (χ0v) is 16.3. The highest BCUT2D eigenvalue weighted by Crippen LogP contribution is 2.23. The number of halogens is 1. The fourth-order valence-corrected chi connectivity index (χ4v) is 2.88. The van der Waals surface area contributed by atoms with E-state index < -0.39 is 18.0 Å². The third-order valence-electron chi connectivity index (χ3n) is 4.14. The van der Waals surface area contributed by atoms with Crippen molar-refractivity contribution >= 4 is 23.5 Å². The predicted molar refractivity (Wildman–Crippen MR) is 106 cm³/mol. The Morgan fingerprint density at radius 1 is 1.17 bits per heavy atom. The molecule has 3 rings (SSSR count). The molecule has 4 N–H and O–H groups in total. The molecule has 1 unspecified atom stereocenters. The minimum atomic E-state index is -1.72. The van der Waals surface area contributed by atoms with Gasteiger partial charge in [0.15, 0.2) is 11.8 Å². The highest BCUT2D eigenvalue weighted by Gasteiger charge is 2.21. The summed E-state index contributed by atoms with van der Waals surface area (Å²) < 4.78 is 0. The number of amides is 1. The van der Waals surface area contributed by atoms with Gasteiger partial charge in [-0.15, -0.1) is 5.10 Å². The first-order chi connectivity index (χ1) is 14.3. The summed E-state index contributed by atoms with van der Waals surface area (Å²) in [6, 6.07) is 14.7. The van der Waals surface area contributed by atoms with Crippen LogP contribution in [0.2, 0.25) is 5.02 Å². The minimum absolute atomic E-state index is 0.110. The van der Waals surface area contributed by atoms with Crippen molar-refractivity contribution in [3.8, 4) is 11.1 Å². The van der Waals surface area contributed by atoms with Crippen LogP contribution >= 0.6 is 11.6 Å². The van der Waals surface area contributed by atoms with Crippen LogP contribution in [0.3, 0.4) is 0 Å². The number of nitrogens with zero attached hydrogens (tertiary/aromatic N) is 4. The molecular formula is C19H18ClN5O5. The average molecular weight is 432 g/mol. The molecule has 0 bridgehead atoms. The van der Waals surface area contributed by atoms with E-state index in [0.717, 1.165) is 22.9 Å². The molecule has 0 saturated carbocycles. The standard InChI is InChI=1S/C19H18ClN5O5/c20-15-3-1-2-14(8-15)13-6-4-12(5-7-13)9-24(11-17(26)19(28)29)22-18(27)16-10-25(30)23-21-16/h1-8,10,17,26,30H,9,11H2,(H,22,27)(H,28,29). The number of hydrogen-bond donors (Lipinski definition) is 4. The third-order valence-corrected chi connectivity index (χ3v) is 4.37. The first kappa shape index (κ1) is 21.2. The zero-order chi connectivity index (χ0) is 21.7. The van der Waals surface area contributed by atoms with Gasteiger partial charge in [-0.05, 0) is 34.0 Å². The molecule has 10 nitrogen and oxygen atoms in total. The van der Waals surface area contributed by atoms with E-state index in [1.807, 2.05) is 42.5 Å². The second kappa shape index (κ2) is 9.35. The second-order valence-electron chi connectivity index (χ2n) is 6.41. The summed E-state index contributed by atoms with van der Waals surface area (Å²) in [5.41, 5.74) is 4.91. The first-order valence-corrected chi connectivity index (χ1v) is 9.13. The molecule has 156 valence electrons. The molecule has 0 aliphatic heterocycles. The fourth-order valence-electron chi connectivity index (χ4n) is 2.69. The van der Waals surface area contributed by atoms with Crippen LogP contribution in [0.1, 0.15) is 16.1 Å². The largest absolute Gasteiger partial charge is 0.479 e. The Bertz CT molecular complexity index is 1040. The Morgan fingerprint density at radius 2 is 1.90 bits per heavy atom. The number of carboxylic acids is 1. The molecular weight excluding hydrogens is 414 g/mol. The lowest BCUT2D eigenvalue weighted by molar-refractivity contribution is -0.148. The Balaban J connectivity index is 1.74. The van der Waals surface area contributed by atoms with Gasteiger partial charge in [-0.3, -0.25) is 10.2 Å². The van der Waals surface area contributed by atoms with Gasteiger partial charge in [0.1, 0.15) is 0 Å². The Labute approximate surface area is 175 Å². The van der Waals surface area contributed by atoms with Gasteiger partial charge in [-0.2, -0.15) is 0 Å². The first-order valence-electron chi connectivity index (χ1n) is 8.75. The van der Waals surface area contributed by atoms with Crippen molar-refractivity contribution in [1.29, 1.82) is 0 Å². The maximum atomic E-state index is 12.3. The molecule has 0 saturated heterocycles. The molecule has 1 aromatic heterocycles. The van der Waals surface area contributed by atoms with E-state index in [9.17, 15) is 14.7 Å². The number of aliphatic carboxylic acids is 1. The van der Waals surface area contributed by atoms with Crippen molar-refractivity contribution < 1.29 is 25.0 Å². The summed E-state index contributed by atoms with van der Waals surface area (Å²) in [4.78, 5) is 23.7. The minimum Gasteiger partial charge on any atom is -0.479 e. The van der Waals surface area contributed by atoms with Crippen LogP contribution in [0.5, 0.6) is 0 Å². The van der Waals surface area contributed by atoms with Gasteiger partial charge in [0.05, 0.1) is 12.7 Å². The third kappa shape index (κ3) is 5.54. The van der Waals surface area contributed by atoms with Gasteiger partial charge in [-0.1, -0.05) is 52.8 Å². The molecule has 30 heavy (non-hydrogen) atoms. The van der Waals surface area contributed by atoms with Crippen molar-refractivity contribution in [2.45, 2.75) is 12.6 Å². The number of nitrogens with one attached hydrogen (secondary N) is 1. The van der Waals surface area contributed by atoms with E-state index in [1.54, 1.807) is 6.07 Å². The number of rotatable bonds is 8. The van der Waals surface area contributed by atoms with E-state index in [2.05, 4.69) is 15.7 Å². The molecule has 0 radical (unpaired) electrons. The van der Waals surface area contributed by atoms with Gasteiger partial charge >= 0.3 is 5.97 Å². The number of aliphatic hydroxyl groups is 1. The Kier molecular flexibility index (Phi) is 6.62. The van der Waals surface area contributed by atoms with Gasteiger partial charge in [0.2, 0.25) is 0 Å². The number of aliphatic hydroxyl groups excluding tert-OH is 1. The molecule has 1 heterocycles. The maximum Gasteiger partial charge on any atom is 0.333 e. The molecule has 1 amide bonds. The lowest BCUT2D eigenvalue weighted by Gasteiger charge is -2.24. The van der Waals surface area contributed by atoms with E-state index >= 15 is 0 Å². The topological polar surface area (TPSA) is 141 Å². The molecule has 11 heteroatoms. The van der Waals surface area contributed by atoms with Crippen molar-refractivity contribution in [3.63, 3.8) is 0 Å². The van der Waals surface area contributed by atoms with Crippen LogP contribution < -0.4 is 5.43 Å². The van der Waals surface area contributed by atoms with E-state index in [0.29, 0.717) is 9.87 Å². The van der Waals surface area contributed by atoms with Crippen molar-refractivity contribution in [2.24, 2.45) is 0 Å². The normalized spacial score (nSPS) is 12.0. The summed E-state index contributed by atoms with van der Waals surface area (Å²) >= 11 is 6.02. The second-order valence-corrected chi connectivity index (χ2v) is 6.84. The number of benzene rings is 2. The SMILES string of the molecule is O=C(NN(Cc1ccc(-c2cccc(Cl)c2)cc1)CC(O)C(=O)O)c1cn(O)nn1. The van der Waals surface area contributed by atoms with Gasteiger partial charge in [0.25, 0.3) is 5.91 Å². The van der Waals surface area contributed by atoms with Crippen LogP contribution in [0, 0.1) is 0 Å². The molecule has 0 fully saturated rings. The number of carboxylic acid groups (broad SMARTS) is 1. The number of carbonyl (C=O) groups is 2. The molecule has 0 spiro atoms. The molecule has 3 aromatic rings. The van der Waals surface area contributed by atoms with E-state index in [4.69, 9.17) is 21.9 Å². The van der Waals surface area contributed by atoms with Crippen molar-refractivity contribution in [2.75, 3.05) is 6.54 Å². The van der Waals surface area contributed by atoms with Crippen LogP contribution in [0.15, 0.2) is 54.7 Å². The fraction of sp³-hybridized carbons (Fsp3) is 0.158. The summed E-state index contributed by atoms with van der Waals surface area (Å²) in [6.45, 7) is -0.260. The number of hydrogen-bond acceptors (Lipinski definition) is 7. The summed E-state index contributed by atoms with van der Waals surface area (Å²) in [5.74, 6) is -2.14. The van der Waals surface area contributed by atoms with Crippen LogP contribution in [-0.2, 0) is 11.3 Å². The Morgan fingerprint density at radius 3 is 2.50 bits per heavy atom. The highest BCUT2D eigenvalue weighted by molar-refractivity contribution is 6.30. The molecule has 0 aliphatic rings. The van der Waals surface area contributed by atoms with Crippen molar-refractivity contribution in [1.82, 2.24) is 25.6 Å². The summed E-state index contributed by atoms with van der Waals surface area (Å²) in [5, 5.41) is 36.4. The molecule has 0 aliphatic carbocycles. The number of aromatic nitrogens is 3. The predicted octanol–water partition coefficient (Wildman–Crippen LogP) is 1.43. The van der Waals surface area contributed by atoms with Gasteiger partial charge in [0, 0.05) is 11.6 Å². The summed E-state index contributed by atoms with van der Waals surface area (Å²) in [7, 11) is 0. The monoisotopic (exact) mass is 431 g/mol.